The number of aryl methyl sites for hydroxylation is 2. The maximum absolute atomic E-state index is 12.8. The van der Waals surface area contributed by atoms with E-state index in [4.69, 9.17) is 10.6 Å². The molecule has 7 heteroatoms. The topological polar surface area (TPSA) is 84.7 Å². The van der Waals surface area contributed by atoms with Gasteiger partial charge in [-0.25, -0.2) is 8.42 Å². The summed E-state index contributed by atoms with van der Waals surface area (Å²) in [6.45, 7) is 4.47. The molecule has 20 heavy (non-hydrogen) atoms. The minimum Gasteiger partial charge on any atom is -0.380 e. The third kappa shape index (κ3) is 2.67. The minimum atomic E-state index is -3.48. The highest BCUT2D eigenvalue weighted by Crippen LogP contribution is 2.29. The Morgan fingerprint density at radius 1 is 1.35 bits per heavy atom. The van der Waals surface area contributed by atoms with Gasteiger partial charge in [0.1, 0.15) is 0 Å². The molecule has 0 bridgehead atoms. The summed E-state index contributed by atoms with van der Waals surface area (Å²) in [4.78, 5) is 0.369. The fraction of sp³-hybridized carbons (Fsp3) is 0.538. The lowest BCUT2D eigenvalue weighted by Gasteiger charge is -2.20. The smallest absolute Gasteiger partial charge is 0.243 e. The molecule has 1 aromatic rings. The Balaban J connectivity index is 2.40. The Morgan fingerprint density at radius 2 is 1.95 bits per heavy atom. The highest BCUT2D eigenvalue weighted by atomic mass is 32.2. The third-order valence-corrected chi connectivity index (χ3v) is 5.84. The molecule has 112 valence electrons. The first-order chi connectivity index (χ1) is 9.40. The second-order valence-electron chi connectivity index (χ2n) is 5.09. The Morgan fingerprint density at radius 3 is 2.40 bits per heavy atom. The molecule has 1 aliphatic heterocycles. The average Bonchev–Trinajstić information content (AvgIpc) is 2.86. The first-order valence-corrected chi connectivity index (χ1v) is 7.95. The SMILES string of the molecule is COC1CCN(S(=O)(=O)c2c(C)cc(NN)cc2C)C1. The molecular formula is C13H21N3O3S. The number of methoxy groups -OCH3 is 1. The van der Waals surface area contributed by atoms with Gasteiger partial charge in [-0.1, -0.05) is 0 Å². The highest BCUT2D eigenvalue weighted by Gasteiger charge is 2.34. The van der Waals surface area contributed by atoms with Gasteiger partial charge in [-0.15, -0.1) is 0 Å². The highest BCUT2D eigenvalue weighted by molar-refractivity contribution is 7.89. The van der Waals surface area contributed by atoms with Gasteiger partial charge in [0.2, 0.25) is 10.0 Å². The predicted molar refractivity (Wildman–Crippen MR) is 77.9 cm³/mol. The van der Waals surface area contributed by atoms with Crippen LogP contribution in [0.1, 0.15) is 17.5 Å². The summed E-state index contributed by atoms with van der Waals surface area (Å²) in [5, 5.41) is 0. The lowest BCUT2D eigenvalue weighted by Crippen LogP contribution is -2.31. The van der Waals surface area contributed by atoms with Crippen LogP contribution >= 0.6 is 0 Å². The number of hydrazine groups is 1. The summed E-state index contributed by atoms with van der Waals surface area (Å²) in [6.07, 6.45) is 0.714. The van der Waals surface area contributed by atoms with Crippen LogP contribution < -0.4 is 11.3 Å². The van der Waals surface area contributed by atoms with Crippen LogP contribution in [-0.2, 0) is 14.8 Å². The van der Waals surface area contributed by atoms with Crippen LogP contribution in [0.3, 0.4) is 0 Å². The number of hydrogen-bond donors (Lipinski definition) is 2. The fourth-order valence-electron chi connectivity index (χ4n) is 2.68. The molecule has 1 aromatic carbocycles. The molecule has 0 amide bonds. The number of rotatable bonds is 4. The molecule has 0 spiro atoms. The quantitative estimate of drug-likeness (QED) is 0.640. The number of benzene rings is 1. The summed E-state index contributed by atoms with van der Waals surface area (Å²) in [6, 6.07) is 3.48. The minimum absolute atomic E-state index is 0.0182. The van der Waals surface area contributed by atoms with Crippen molar-refractivity contribution in [3.8, 4) is 0 Å². The molecule has 2 rings (SSSR count). The molecule has 1 aliphatic rings. The van der Waals surface area contributed by atoms with Crippen LogP contribution in [0.5, 0.6) is 0 Å². The zero-order valence-corrected chi connectivity index (χ0v) is 12.8. The van der Waals surface area contributed by atoms with Crippen molar-refractivity contribution >= 4 is 15.7 Å². The van der Waals surface area contributed by atoms with Crippen LogP contribution in [-0.4, -0.2) is 39.0 Å². The zero-order chi connectivity index (χ0) is 14.9. The van der Waals surface area contributed by atoms with Crippen LogP contribution in [0.4, 0.5) is 5.69 Å². The van der Waals surface area contributed by atoms with E-state index in [0.717, 1.165) is 6.42 Å². The lowest BCUT2D eigenvalue weighted by molar-refractivity contribution is 0.115. The summed E-state index contributed by atoms with van der Waals surface area (Å²) < 4.78 is 32.2. The fourth-order valence-corrected chi connectivity index (χ4v) is 4.58. The Hall–Kier alpha value is -1.15. The van der Waals surface area contributed by atoms with Crippen LogP contribution in [0.15, 0.2) is 17.0 Å². The summed E-state index contributed by atoms with van der Waals surface area (Å²) in [7, 11) is -1.87. The number of nitrogens with zero attached hydrogens (tertiary/aromatic N) is 1. The molecule has 6 nitrogen and oxygen atoms in total. The van der Waals surface area contributed by atoms with Crippen LogP contribution in [0.2, 0.25) is 0 Å². The normalized spacial score (nSPS) is 20.3. The van der Waals surface area contributed by atoms with E-state index < -0.39 is 10.0 Å². The molecule has 1 heterocycles. The number of hydrogen-bond acceptors (Lipinski definition) is 5. The van der Waals surface area contributed by atoms with E-state index in [0.29, 0.717) is 34.8 Å². The van der Waals surface area contributed by atoms with Crippen molar-refractivity contribution in [3.05, 3.63) is 23.3 Å². The van der Waals surface area contributed by atoms with Crippen LogP contribution in [0, 0.1) is 13.8 Å². The van der Waals surface area contributed by atoms with Gasteiger partial charge in [-0.3, -0.25) is 5.84 Å². The summed E-state index contributed by atoms with van der Waals surface area (Å²) >= 11 is 0. The number of sulfonamides is 1. The van der Waals surface area contributed by atoms with Crippen molar-refractivity contribution < 1.29 is 13.2 Å². The first-order valence-electron chi connectivity index (χ1n) is 6.51. The van der Waals surface area contributed by atoms with Crippen molar-refractivity contribution in [1.82, 2.24) is 4.31 Å². The van der Waals surface area contributed by atoms with E-state index in [1.807, 2.05) is 0 Å². The van der Waals surface area contributed by atoms with Crippen molar-refractivity contribution in [2.45, 2.75) is 31.3 Å². The van der Waals surface area contributed by atoms with Crippen molar-refractivity contribution in [2.75, 3.05) is 25.6 Å². The van der Waals surface area contributed by atoms with E-state index in [9.17, 15) is 8.42 Å². The second kappa shape index (κ2) is 5.69. The van der Waals surface area contributed by atoms with E-state index in [-0.39, 0.29) is 6.10 Å². The standard InChI is InChI=1S/C13H21N3O3S/c1-9-6-11(15-14)7-10(2)13(9)20(17,18)16-5-4-12(8-16)19-3/h6-7,12,15H,4-5,8,14H2,1-3H3. The number of nitrogens with one attached hydrogen (secondary N) is 1. The average molecular weight is 299 g/mol. The van der Waals surface area contributed by atoms with E-state index in [1.165, 1.54) is 4.31 Å². The lowest BCUT2D eigenvalue weighted by atomic mass is 10.1. The number of nitrogen functional groups attached to an aromatic ring is 1. The molecule has 0 aliphatic carbocycles. The van der Waals surface area contributed by atoms with Crippen molar-refractivity contribution in [1.29, 1.82) is 0 Å². The second-order valence-corrected chi connectivity index (χ2v) is 6.97. The monoisotopic (exact) mass is 299 g/mol. The molecule has 1 fully saturated rings. The molecule has 1 atom stereocenters. The summed E-state index contributed by atoms with van der Waals surface area (Å²) in [5.41, 5.74) is 4.64. The Kier molecular flexibility index (Phi) is 4.33. The van der Waals surface area contributed by atoms with E-state index >= 15 is 0 Å². The third-order valence-electron chi connectivity index (χ3n) is 3.67. The maximum Gasteiger partial charge on any atom is 0.243 e. The van der Waals surface area contributed by atoms with Gasteiger partial charge in [0.25, 0.3) is 0 Å². The molecular weight excluding hydrogens is 278 g/mol. The van der Waals surface area contributed by atoms with Gasteiger partial charge in [0.15, 0.2) is 0 Å². The molecule has 3 N–H and O–H groups in total. The van der Waals surface area contributed by atoms with Gasteiger partial charge < -0.3 is 10.2 Å². The molecule has 1 saturated heterocycles. The van der Waals surface area contributed by atoms with E-state index in [1.54, 1.807) is 33.1 Å². The predicted octanol–water partition coefficient (Wildman–Crippen LogP) is 0.998. The number of ether oxygens (including phenoxy) is 1. The first kappa shape index (κ1) is 15.2. The number of anilines is 1. The summed E-state index contributed by atoms with van der Waals surface area (Å²) in [5.74, 6) is 5.38. The maximum atomic E-state index is 12.8. The Labute approximate surface area is 119 Å². The van der Waals surface area contributed by atoms with E-state index in [2.05, 4.69) is 5.43 Å². The van der Waals surface area contributed by atoms with Gasteiger partial charge in [-0.05, 0) is 43.5 Å². The largest absolute Gasteiger partial charge is 0.380 e. The Bertz CT molecular complexity index is 578. The molecule has 1 unspecified atom stereocenters. The van der Waals surface area contributed by atoms with Gasteiger partial charge in [-0.2, -0.15) is 4.31 Å². The molecule has 0 radical (unpaired) electrons. The van der Waals surface area contributed by atoms with Crippen molar-refractivity contribution in [2.24, 2.45) is 5.84 Å². The molecule has 0 aromatic heterocycles. The zero-order valence-electron chi connectivity index (χ0n) is 12.0. The van der Waals surface area contributed by atoms with Crippen molar-refractivity contribution in [3.63, 3.8) is 0 Å². The van der Waals surface area contributed by atoms with Gasteiger partial charge in [0, 0.05) is 25.9 Å². The van der Waals surface area contributed by atoms with Crippen LogP contribution in [0.25, 0.3) is 0 Å². The number of nitrogens with two attached hydrogens (primary N) is 1. The van der Waals surface area contributed by atoms with Gasteiger partial charge in [0.05, 0.1) is 11.0 Å². The van der Waals surface area contributed by atoms with Gasteiger partial charge >= 0.3 is 0 Å². The molecule has 0 saturated carbocycles.